The van der Waals surface area contributed by atoms with Gasteiger partial charge in [0.25, 0.3) is 5.91 Å². The fourth-order valence-electron chi connectivity index (χ4n) is 4.55. The lowest BCUT2D eigenvalue weighted by Crippen LogP contribution is -2.59. The second-order valence-corrected chi connectivity index (χ2v) is 9.29. The maximum absolute atomic E-state index is 13.5. The van der Waals surface area contributed by atoms with Gasteiger partial charge in [0, 0.05) is 44.0 Å². The van der Waals surface area contributed by atoms with Crippen molar-refractivity contribution >= 4 is 29.1 Å². The van der Waals surface area contributed by atoms with Crippen molar-refractivity contribution in [3.05, 3.63) is 92.1 Å². The lowest BCUT2D eigenvalue weighted by molar-refractivity contribution is -0.0858. The summed E-state index contributed by atoms with van der Waals surface area (Å²) in [7, 11) is 0. The predicted octanol–water partition coefficient (Wildman–Crippen LogP) is 4.39. The van der Waals surface area contributed by atoms with Crippen molar-refractivity contribution in [1.29, 1.82) is 0 Å². The molecule has 0 bridgehead atoms. The first-order valence-corrected chi connectivity index (χ1v) is 11.7. The number of amides is 1. The van der Waals surface area contributed by atoms with E-state index in [0.717, 1.165) is 11.1 Å². The van der Waals surface area contributed by atoms with Crippen LogP contribution in [0.1, 0.15) is 22.0 Å². The summed E-state index contributed by atoms with van der Waals surface area (Å²) in [4.78, 5) is 31.5. The van der Waals surface area contributed by atoms with Gasteiger partial charge in [-0.3, -0.25) is 14.5 Å². The number of carbonyl (C=O) groups excluding carboxylic acids is 1. The number of hydrogen-bond acceptors (Lipinski definition) is 4. The number of rotatable bonds is 3. The van der Waals surface area contributed by atoms with E-state index < -0.39 is 5.82 Å². The maximum atomic E-state index is 13.5. The Morgan fingerprint density at radius 2 is 1.94 bits per heavy atom. The zero-order valence-corrected chi connectivity index (χ0v) is 19.7. The second kappa shape index (κ2) is 9.50. The van der Waals surface area contributed by atoms with E-state index in [1.165, 1.54) is 12.1 Å². The zero-order chi connectivity index (χ0) is 23.8. The van der Waals surface area contributed by atoms with Gasteiger partial charge in [-0.05, 0) is 35.4 Å². The highest BCUT2D eigenvalue weighted by atomic mass is 35.5. The van der Waals surface area contributed by atoms with Crippen LogP contribution >= 0.6 is 23.2 Å². The molecule has 2 aliphatic heterocycles. The van der Waals surface area contributed by atoms with Crippen LogP contribution in [0.4, 0.5) is 4.39 Å². The largest absolute Gasteiger partial charge is 0.370 e. The fraction of sp³-hybridized carbons (Fsp3) is 0.280. The molecule has 2 fully saturated rings. The van der Waals surface area contributed by atoms with E-state index in [1.54, 1.807) is 41.4 Å². The Kier molecular flexibility index (Phi) is 6.44. The van der Waals surface area contributed by atoms with Crippen LogP contribution in [-0.4, -0.2) is 59.5 Å². The Morgan fingerprint density at radius 1 is 1.09 bits per heavy atom. The van der Waals surface area contributed by atoms with Crippen LogP contribution in [0.3, 0.4) is 0 Å². The molecule has 5 rings (SSSR count). The number of halogens is 3. The number of benzene rings is 2. The first kappa shape index (κ1) is 23.1. The van der Waals surface area contributed by atoms with Crippen molar-refractivity contribution in [3.8, 4) is 11.1 Å². The van der Waals surface area contributed by atoms with Crippen LogP contribution in [0, 0.1) is 5.82 Å². The van der Waals surface area contributed by atoms with Crippen molar-refractivity contribution in [3.63, 3.8) is 0 Å². The number of piperazine rings is 1. The third-order valence-corrected chi connectivity index (χ3v) is 7.12. The molecule has 3 aromatic rings. The van der Waals surface area contributed by atoms with Gasteiger partial charge >= 0.3 is 0 Å². The monoisotopic (exact) mass is 501 g/mol. The summed E-state index contributed by atoms with van der Waals surface area (Å²) in [5.41, 5.74) is 2.48. The highest BCUT2D eigenvalue weighted by molar-refractivity contribution is 6.36. The topological polar surface area (TPSA) is 65.6 Å². The molecule has 6 nitrogen and oxygen atoms in total. The van der Waals surface area contributed by atoms with Gasteiger partial charge in [0.1, 0.15) is 5.82 Å². The van der Waals surface area contributed by atoms with Crippen molar-refractivity contribution in [2.75, 3.05) is 32.8 Å². The van der Waals surface area contributed by atoms with E-state index in [4.69, 9.17) is 27.9 Å². The highest BCUT2D eigenvalue weighted by Gasteiger charge is 2.36. The van der Waals surface area contributed by atoms with Gasteiger partial charge in [0.15, 0.2) is 0 Å². The van der Waals surface area contributed by atoms with Crippen molar-refractivity contribution in [2.24, 2.45) is 0 Å². The van der Waals surface area contributed by atoms with E-state index in [9.17, 15) is 14.0 Å². The number of pyridine rings is 1. The lowest BCUT2D eigenvalue weighted by atomic mass is 10.0. The number of fused-ring (bicyclic) bond motifs is 1. The minimum absolute atomic E-state index is 0.0611. The van der Waals surface area contributed by atoms with Crippen LogP contribution in [0.5, 0.6) is 0 Å². The van der Waals surface area contributed by atoms with Crippen LogP contribution in [0.15, 0.2) is 59.5 Å². The van der Waals surface area contributed by atoms with E-state index in [2.05, 4.69) is 9.88 Å². The molecule has 3 heterocycles. The van der Waals surface area contributed by atoms with Crippen molar-refractivity contribution < 1.29 is 13.9 Å². The molecule has 2 aliphatic rings. The summed E-state index contributed by atoms with van der Waals surface area (Å²) in [6.07, 6.45) is 1.39. The molecule has 0 aliphatic carbocycles. The quantitative estimate of drug-likeness (QED) is 0.578. The Hall–Kier alpha value is -2.71. The number of nitrogens with one attached hydrogen (secondary N) is 1. The summed E-state index contributed by atoms with van der Waals surface area (Å²) in [5.74, 6) is -0.585. The van der Waals surface area contributed by atoms with Gasteiger partial charge in [0.2, 0.25) is 5.56 Å². The van der Waals surface area contributed by atoms with Gasteiger partial charge in [-0.25, -0.2) is 4.39 Å². The third-order valence-electron chi connectivity index (χ3n) is 6.42. The van der Waals surface area contributed by atoms with Gasteiger partial charge in [-0.1, -0.05) is 41.4 Å². The molecule has 9 heteroatoms. The number of nitrogens with zero attached hydrogens (tertiary/aromatic N) is 2. The number of morpholine rings is 1. The summed E-state index contributed by atoms with van der Waals surface area (Å²) >= 11 is 12.6. The van der Waals surface area contributed by atoms with Crippen LogP contribution in [-0.2, 0) is 4.74 Å². The Balaban J connectivity index is 1.29. The minimum atomic E-state index is -0.450. The number of carbonyl (C=O) groups is 1. The summed E-state index contributed by atoms with van der Waals surface area (Å²) in [6.45, 7) is 2.88. The number of aromatic amines is 1. The number of ether oxygens (including phenoxy) is 1. The lowest BCUT2D eigenvalue weighted by Gasteiger charge is -2.46. The number of aromatic nitrogens is 1. The molecule has 1 amide bonds. The second-order valence-electron chi connectivity index (χ2n) is 8.50. The van der Waals surface area contributed by atoms with Crippen LogP contribution < -0.4 is 5.56 Å². The first-order valence-electron chi connectivity index (χ1n) is 11.0. The van der Waals surface area contributed by atoms with Crippen molar-refractivity contribution in [2.45, 2.75) is 12.1 Å². The molecule has 1 aromatic heterocycles. The van der Waals surface area contributed by atoms with Gasteiger partial charge < -0.3 is 14.6 Å². The van der Waals surface area contributed by atoms with Crippen LogP contribution in [0.2, 0.25) is 10.0 Å². The van der Waals surface area contributed by atoms with Gasteiger partial charge in [-0.2, -0.15) is 0 Å². The number of hydrogen-bond donors (Lipinski definition) is 1. The molecule has 1 N–H and O–H groups in total. The fourth-order valence-corrected chi connectivity index (χ4v) is 5.06. The predicted molar refractivity (Wildman–Crippen MR) is 129 cm³/mol. The van der Waals surface area contributed by atoms with E-state index in [1.807, 2.05) is 6.07 Å². The molecule has 176 valence electrons. The molecule has 0 radical (unpaired) electrons. The minimum Gasteiger partial charge on any atom is -0.370 e. The maximum Gasteiger partial charge on any atom is 0.255 e. The SMILES string of the molecule is O=C(c1cccc(-c2ccc(=O)[nH]c2)c1Cl)N1CCN2C[C@@H](c3ccc(F)c(Cl)c3)OC[C@@H]2C1. The average molecular weight is 502 g/mol. The first-order chi connectivity index (χ1) is 16.4. The molecular formula is C25H22Cl2FN3O3. The van der Waals surface area contributed by atoms with Gasteiger partial charge in [0.05, 0.1) is 34.4 Å². The highest BCUT2D eigenvalue weighted by Crippen LogP contribution is 2.33. The standard InChI is InChI=1S/C25H22Cl2FN3O3/c26-20-10-15(4-6-21(20)28)22-13-30-8-9-31(12-17(30)14-34-22)25(33)19-3-1-2-18(24(19)27)16-5-7-23(32)29-11-16/h1-7,10-11,17,22H,8-9,12-14H2,(H,29,32)/t17-,22-/m0/s1. The normalized spacial score (nSPS) is 20.7. The zero-order valence-electron chi connectivity index (χ0n) is 18.1. The van der Waals surface area contributed by atoms with Crippen LogP contribution in [0.25, 0.3) is 11.1 Å². The molecule has 2 atom stereocenters. The van der Waals surface area contributed by atoms with E-state index in [0.29, 0.717) is 48.9 Å². The molecule has 0 unspecified atom stereocenters. The van der Waals surface area contributed by atoms with Crippen molar-refractivity contribution in [1.82, 2.24) is 14.8 Å². The Morgan fingerprint density at radius 3 is 2.71 bits per heavy atom. The van der Waals surface area contributed by atoms with Gasteiger partial charge in [-0.15, -0.1) is 0 Å². The summed E-state index contributed by atoms with van der Waals surface area (Å²) in [5, 5.41) is 0.440. The molecule has 2 aromatic carbocycles. The molecule has 0 spiro atoms. The molecule has 0 saturated carbocycles. The summed E-state index contributed by atoms with van der Waals surface area (Å²) < 4.78 is 19.6. The summed E-state index contributed by atoms with van der Waals surface area (Å²) in [6, 6.07) is 13.2. The number of H-pyrrole nitrogens is 1. The Bertz CT molecular complexity index is 1280. The van der Waals surface area contributed by atoms with E-state index >= 15 is 0 Å². The Labute approximate surface area is 205 Å². The smallest absolute Gasteiger partial charge is 0.255 e. The molecule has 34 heavy (non-hydrogen) atoms. The molecular weight excluding hydrogens is 480 g/mol. The third kappa shape index (κ3) is 4.49. The van der Waals surface area contributed by atoms with E-state index in [-0.39, 0.29) is 28.6 Å². The molecule has 2 saturated heterocycles. The average Bonchev–Trinajstić information content (AvgIpc) is 2.85.